The molecule has 0 aliphatic rings. The molecule has 4 aromatic heterocycles. The zero-order valence-electron chi connectivity index (χ0n) is 17.3. The zero-order chi connectivity index (χ0) is 22.1. The maximum absolute atomic E-state index is 13.0. The van der Waals surface area contributed by atoms with E-state index < -0.39 is 0 Å². The van der Waals surface area contributed by atoms with Crippen molar-refractivity contribution < 1.29 is 4.79 Å². The molecule has 0 atom stereocenters. The molecular weight excluding hydrogens is 466 g/mol. The van der Waals surface area contributed by atoms with Gasteiger partial charge >= 0.3 is 0 Å². The van der Waals surface area contributed by atoms with Crippen molar-refractivity contribution in [2.45, 2.75) is 6.42 Å². The Morgan fingerprint density at radius 2 is 2.00 bits per heavy atom. The molecule has 11 nitrogen and oxygen atoms in total. The molecule has 1 amide bonds. The predicted octanol–water partition coefficient (Wildman–Crippen LogP) is 2.05. The Labute approximate surface area is 185 Å². The van der Waals surface area contributed by atoms with E-state index in [2.05, 4.69) is 56.3 Å². The van der Waals surface area contributed by atoms with E-state index in [1.165, 1.54) is 6.33 Å². The molecule has 0 bridgehead atoms. The van der Waals surface area contributed by atoms with E-state index in [0.717, 1.165) is 18.4 Å². The van der Waals surface area contributed by atoms with E-state index in [9.17, 15) is 9.59 Å². The van der Waals surface area contributed by atoms with Crippen molar-refractivity contribution in [3.05, 3.63) is 39.1 Å². The maximum atomic E-state index is 13.0. The second-order valence-corrected chi connectivity index (χ2v) is 8.27. The van der Waals surface area contributed by atoms with Crippen LogP contribution in [0.4, 0.5) is 11.5 Å². The highest BCUT2D eigenvalue weighted by Crippen LogP contribution is 2.33. The fourth-order valence-corrected chi connectivity index (χ4v) is 3.92. The van der Waals surface area contributed by atoms with Crippen LogP contribution in [-0.4, -0.2) is 80.1 Å². The third-order valence-electron chi connectivity index (χ3n) is 4.89. The van der Waals surface area contributed by atoms with Gasteiger partial charge in [0.2, 0.25) is 0 Å². The van der Waals surface area contributed by atoms with Gasteiger partial charge in [-0.15, -0.1) is 0 Å². The van der Waals surface area contributed by atoms with Crippen molar-refractivity contribution in [2.75, 3.05) is 39.5 Å². The summed E-state index contributed by atoms with van der Waals surface area (Å²) < 4.78 is 0.538. The van der Waals surface area contributed by atoms with Gasteiger partial charge in [0.15, 0.2) is 0 Å². The third-order valence-corrected chi connectivity index (χ3v) is 5.69. The lowest BCUT2D eigenvalue weighted by Crippen LogP contribution is -2.30. The molecule has 0 radical (unpaired) electrons. The van der Waals surface area contributed by atoms with E-state index in [1.807, 2.05) is 14.1 Å². The van der Waals surface area contributed by atoms with Crippen LogP contribution in [0.15, 0.2) is 27.9 Å². The second-order valence-electron chi connectivity index (χ2n) is 7.48. The first kappa shape index (κ1) is 21.0. The summed E-state index contributed by atoms with van der Waals surface area (Å²) in [4.78, 5) is 43.4. The van der Waals surface area contributed by atoms with Gasteiger partial charge in [0, 0.05) is 19.0 Å². The average molecular weight is 488 g/mol. The van der Waals surface area contributed by atoms with Gasteiger partial charge in [0.1, 0.15) is 34.8 Å². The molecule has 0 spiro atoms. The molecule has 0 aliphatic heterocycles. The number of H-pyrrole nitrogens is 3. The van der Waals surface area contributed by atoms with Gasteiger partial charge < -0.3 is 25.1 Å². The Bertz CT molecular complexity index is 1310. The Morgan fingerprint density at radius 1 is 1.19 bits per heavy atom. The van der Waals surface area contributed by atoms with Crippen LogP contribution in [0.3, 0.4) is 0 Å². The number of hydrogen-bond acceptors (Lipinski definition) is 7. The maximum Gasteiger partial charge on any atom is 0.273 e. The number of halogens is 1. The van der Waals surface area contributed by atoms with Crippen LogP contribution in [0.25, 0.3) is 22.1 Å². The van der Waals surface area contributed by atoms with Crippen molar-refractivity contribution in [3.63, 3.8) is 0 Å². The van der Waals surface area contributed by atoms with Gasteiger partial charge in [0.05, 0.1) is 16.1 Å². The molecule has 0 aromatic carbocycles. The quantitative estimate of drug-likeness (QED) is 0.312. The number of pyridine rings is 1. The molecule has 4 rings (SSSR count). The molecule has 4 aromatic rings. The highest BCUT2D eigenvalue weighted by atomic mass is 79.9. The third kappa shape index (κ3) is 4.16. The number of rotatable bonds is 7. The Hall–Kier alpha value is -3.25. The highest BCUT2D eigenvalue weighted by molar-refractivity contribution is 9.10. The second kappa shape index (κ2) is 8.47. The van der Waals surface area contributed by atoms with E-state index >= 15 is 0 Å². The number of amides is 1. The minimum Gasteiger partial charge on any atom is -0.340 e. The summed E-state index contributed by atoms with van der Waals surface area (Å²) in [5.74, 6) is 0.239. The summed E-state index contributed by atoms with van der Waals surface area (Å²) >= 11 is 3.52. The predicted molar refractivity (Wildman–Crippen MR) is 122 cm³/mol. The average Bonchev–Trinajstić information content (AvgIpc) is 3.31. The zero-order valence-corrected chi connectivity index (χ0v) is 18.9. The topological polar surface area (TPSA) is 139 Å². The summed E-state index contributed by atoms with van der Waals surface area (Å²) in [6, 6.07) is 1.68. The minimum absolute atomic E-state index is 0.160. The van der Waals surface area contributed by atoms with Gasteiger partial charge in [-0.05, 0) is 49.1 Å². The van der Waals surface area contributed by atoms with Crippen molar-refractivity contribution in [3.8, 4) is 0 Å². The number of carbonyl (C=O) groups excluding carboxylic acids is 1. The molecule has 0 unspecified atom stereocenters. The van der Waals surface area contributed by atoms with Crippen LogP contribution in [0.2, 0.25) is 0 Å². The van der Waals surface area contributed by atoms with Crippen LogP contribution in [-0.2, 0) is 0 Å². The van der Waals surface area contributed by atoms with Crippen LogP contribution < -0.4 is 10.9 Å². The summed E-state index contributed by atoms with van der Waals surface area (Å²) in [6.07, 6.45) is 3.84. The molecule has 0 fully saturated rings. The van der Waals surface area contributed by atoms with Gasteiger partial charge in [-0.3, -0.25) is 14.7 Å². The van der Waals surface area contributed by atoms with Crippen LogP contribution in [0, 0.1) is 0 Å². The summed E-state index contributed by atoms with van der Waals surface area (Å²) in [5, 5.41) is 11.0. The lowest BCUT2D eigenvalue weighted by molar-refractivity contribution is 0.0785. The van der Waals surface area contributed by atoms with E-state index in [4.69, 9.17) is 0 Å². The normalized spacial score (nSPS) is 11.5. The van der Waals surface area contributed by atoms with Gasteiger partial charge in [-0.25, -0.2) is 9.97 Å². The van der Waals surface area contributed by atoms with Crippen molar-refractivity contribution in [1.82, 2.24) is 39.9 Å². The number of fused-ring (bicyclic) bond motifs is 2. The number of nitrogens with zero attached hydrogens (tertiary/aromatic N) is 5. The Morgan fingerprint density at radius 3 is 2.77 bits per heavy atom. The van der Waals surface area contributed by atoms with E-state index in [1.54, 1.807) is 24.2 Å². The first-order valence-electron chi connectivity index (χ1n) is 9.61. The van der Waals surface area contributed by atoms with Crippen molar-refractivity contribution >= 4 is 55.4 Å². The number of aromatic amines is 3. The molecule has 0 saturated carbocycles. The molecule has 162 valence electrons. The number of aromatic nitrogens is 6. The van der Waals surface area contributed by atoms with E-state index in [-0.39, 0.29) is 11.5 Å². The standard InChI is InChI=1S/C19H22BrN9O2/c1-28(2)5-4-6-29(3)19(31)14-13(20)12-16(21-9-22-17(12)25-14)24-11-7-10-8-23-27-15(10)26-18(11)30/h7-9H,4-6H2,1-3H3,(H2,21,22,24,25)(H2,23,26,27,30). The summed E-state index contributed by atoms with van der Waals surface area (Å²) in [7, 11) is 5.76. The lowest BCUT2D eigenvalue weighted by Gasteiger charge is -2.18. The highest BCUT2D eigenvalue weighted by Gasteiger charge is 2.22. The van der Waals surface area contributed by atoms with Gasteiger partial charge in [0.25, 0.3) is 11.5 Å². The van der Waals surface area contributed by atoms with Crippen LogP contribution in [0.5, 0.6) is 0 Å². The smallest absolute Gasteiger partial charge is 0.273 e. The molecular formula is C19H22BrN9O2. The van der Waals surface area contributed by atoms with Gasteiger partial charge in [-0.1, -0.05) is 0 Å². The number of nitrogens with one attached hydrogen (secondary N) is 4. The fourth-order valence-electron chi connectivity index (χ4n) is 3.27. The van der Waals surface area contributed by atoms with Gasteiger partial charge in [-0.2, -0.15) is 5.10 Å². The van der Waals surface area contributed by atoms with Crippen molar-refractivity contribution in [2.24, 2.45) is 0 Å². The number of anilines is 2. The largest absolute Gasteiger partial charge is 0.340 e. The Balaban J connectivity index is 1.65. The molecule has 0 aliphatic carbocycles. The first-order chi connectivity index (χ1) is 14.8. The SMILES string of the molecule is CN(C)CCCN(C)C(=O)c1[nH]c2ncnc(Nc3cc4cn[nH]c4[nH]c3=O)c2c1Br. The molecule has 31 heavy (non-hydrogen) atoms. The lowest BCUT2D eigenvalue weighted by atomic mass is 10.3. The monoisotopic (exact) mass is 487 g/mol. The Kier molecular flexibility index (Phi) is 5.74. The molecule has 4 heterocycles. The fraction of sp³-hybridized carbons (Fsp3) is 0.316. The number of carbonyl (C=O) groups is 1. The molecule has 12 heteroatoms. The van der Waals surface area contributed by atoms with Crippen LogP contribution >= 0.6 is 15.9 Å². The molecule has 0 saturated heterocycles. The first-order valence-corrected chi connectivity index (χ1v) is 10.4. The minimum atomic E-state index is -0.327. The van der Waals surface area contributed by atoms with Crippen molar-refractivity contribution in [1.29, 1.82) is 0 Å². The summed E-state index contributed by atoms with van der Waals surface area (Å²) in [6.45, 7) is 1.51. The van der Waals surface area contributed by atoms with E-state index in [0.29, 0.717) is 44.9 Å². The summed E-state index contributed by atoms with van der Waals surface area (Å²) in [5.41, 5.74) is 1.37. The number of hydrogen-bond donors (Lipinski definition) is 4. The van der Waals surface area contributed by atoms with Crippen LogP contribution in [0.1, 0.15) is 16.9 Å². The molecule has 4 N–H and O–H groups in total.